The number of aromatic nitrogens is 1. The van der Waals surface area contributed by atoms with Crippen molar-refractivity contribution in [3.8, 4) is 0 Å². The minimum absolute atomic E-state index is 0.0903. The fourth-order valence-corrected chi connectivity index (χ4v) is 7.11. The maximum absolute atomic E-state index is 13.0. The van der Waals surface area contributed by atoms with Crippen molar-refractivity contribution in [2.75, 3.05) is 18.4 Å². The van der Waals surface area contributed by atoms with Crippen LogP contribution in [0, 0.1) is 5.82 Å². The van der Waals surface area contributed by atoms with Crippen LogP contribution < -0.4 is 5.32 Å². The minimum atomic E-state index is -3.46. The van der Waals surface area contributed by atoms with Gasteiger partial charge in [-0.05, 0) is 42.7 Å². The van der Waals surface area contributed by atoms with Gasteiger partial charge in [0, 0.05) is 35.5 Å². The van der Waals surface area contributed by atoms with E-state index in [0.29, 0.717) is 29.5 Å². The molecule has 0 saturated carbocycles. The van der Waals surface area contributed by atoms with Gasteiger partial charge in [0.2, 0.25) is 5.91 Å². The topological polar surface area (TPSA) is 79.4 Å². The molecule has 0 bridgehead atoms. The zero-order chi connectivity index (χ0) is 21.1. The van der Waals surface area contributed by atoms with Gasteiger partial charge in [0.25, 0.3) is 10.0 Å². The van der Waals surface area contributed by atoms with Crippen LogP contribution in [0.3, 0.4) is 0 Å². The van der Waals surface area contributed by atoms with Crippen LogP contribution in [0.2, 0.25) is 0 Å². The summed E-state index contributed by atoms with van der Waals surface area (Å²) in [7, 11) is -3.46. The van der Waals surface area contributed by atoms with E-state index in [1.54, 1.807) is 30.5 Å². The minimum Gasteiger partial charge on any atom is -0.302 e. The molecule has 158 valence electrons. The van der Waals surface area contributed by atoms with Gasteiger partial charge >= 0.3 is 0 Å². The molecule has 0 aliphatic carbocycles. The molecule has 3 heterocycles. The van der Waals surface area contributed by atoms with Crippen LogP contribution in [-0.4, -0.2) is 36.7 Å². The first-order valence-corrected chi connectivity index (χ1v) is 12.6. The van der Waals surface area contributed by atoms with Crippen LogP contribution in [0.1, 0.15) is 28.2 Å². The molecule has 1 aliphatic rings. The van der Waals surface area contributed by atoms with Crippen LogP contribution in [0.5, 0.6) is 0 Å². The zero-order valence-corrected chi connectivity index (χ0v) is 18.5. The number of hydrogen-bond acceptors (Lipinski definition) is 6. The summed E-state index contributed by atoms with van der Waals surface area (Å²) in [5, 5.41) is 3.25. The number of amides is 1. The highest BCUT2D eigenvalue weighted by Crippen LogP contribution is 2.28. The lowest BCUT2D eigenvalue weighted by Crippen LogP contribution is -2.27. The van der Waals surface area contributed by atoms with E-state index in [1.165, 1.54) is 27.8 Å². The van der Waals surface area contributed by atoms with Crippen molar-refractivity contribution in [3.63, 3.8) is 0 Å². The monoisotopic (exact) mass is 465 g/mol. The number of carbonyl (C=O) groups excluding carboxylic acids is 1. The highest BCUT2D eigenvalue weighted by atomic mass is 32.2. The molecule has 0 spiro atoms. The molecular weight excluding hydrogens is 445 g/mol. The van der Waals surface area contributed by atoms with Gasteiger partial charge in [0.15, 0.2) is 5.13 Å². The normalized spacial score (nSPS) is 14.8. The maximum Gasteiger partial charge on any atom is 0.252 e. The van der Waals surface area contributed by atoms with Crippen molar-refractivity contribution in [1.29, 1.82) is 0 Å². The van der Waals surface area contributed by atoms with E-state index in [4.69, 9.17) is 0 Å². The summed E-state index contributed by atoms with van der Waals surface area (Å²) < 4.78 is 40.0. The number of sulfonamides is 1. The third-order valence-electron chi connectivity index (χ3n) is 4.72. The zero-order valence-electron chi connectivity index (χ0n) is 16.0. The second-order valence-corrected chi connectivity index (χ2v) is 11.4. The highest BCUT2D eigenvalue weighted by Gasteiger charge is 2.28. The number of carbonyl (C=O) groups is 1. The first-order valence-electron chi connectivity index (χ1n) is 9.48. The van der Waals surface area contributed by atoms with Crippen LogP contribution in [0.15, 0.2) is 46.8 Å². The fourth-order valence-electron chi connectivity index (χ4n) is 3.22. The quantitative estimate of drug-likeness (QED) is 0.574. The van der Waals surface area contributed by atoms with Crippen LogP contribution >= 0.6 is 22.7 Å². The van der Waals surface area contributed by atoms with Crippen molar-refractivity contribution in [3.05, 3.63) is 63.7 Å². The average molecular weight is 466 g/mol. The van der Waals surface area contributed by atoms with Gasteiger partial charge in [-0.2, -0.15) is 4.31 Å². The lowest BCUT2D eigenvalue weighted by atomic mass is 10.1. The number of thiazole rings is 1. The van der Waals surface area contributed by atoms with Gasteiger partial charge in [0.1, 0.15) is 10.0 Å². The van der Waals surface area contributed by atoms with Crippen molar-refractivity contribution in [2.24, 2.45) is 0 Å². The van der Waals surface area contributed by atoms with Crippen LogP contribution in [0.25, 0.3) is 0 Å². The van der Waals surface area contributed by atoms with E-state index < -0.39 is 10.0 Å². The summed E-state index contributed by atoms with van der Waals surface area (Å²) in [6.07, 6.45) is 4.16. The molecule has 1 aromatic carbocycles. The van der Waals surface area contributed by atoms with Gasteiger partial charge in [-0.25, -0.2) is 17.8 Å². The number of anilines is 1. The van der Waals surface area contributed by atoms with Gasteiger partial charge in [-0.3, -0.25) is 4.79 Å². The number of halogens is 1. The summed E-state index contributed by atoms with van der Waals surface area (Å²) in [5.41, 5.74) is 0.961. The molecule has 2 aromatic heterocycles. The number of hydrogen-bond donors (Lipinski definition) is 1. The molecular formula is C20H20FN3O3S3. The summed E-state index contributed by atoms with van der Waals surface area (Å²) in [5.74, 6) is -0.523. The standard InChI is InChI=1S/C20H20FN3O3S3/c21-15-5-3-14(4-6-15)11-17-13-22-20(29-17)23-18(25)12-16-7-8-19(28-16)30(26,27)24-9-1-2-10-24/h3-8,13H,1-2,9-12H2,(H,22,23,25). The Hall–Kier alpha value is -2.14. The van der Waals surface area contributed by atoms with E-state index in [1.807, 2.05) is 0 Å². The molecule has 0 radical (unpaired) electrons. The molecule has 6 nitrogen and oxygen atoms in total. The van der Waals surface area contributed by atoms with Gasteiger partial charge < -0.3 is 5.32 Å². The summed E-state index contributed by atoms with van der Waals surface area (Å²) >= 11 is 2.50. The van der Waals surface area contributed by atoms with Crippen LogP contribution in [0.4, 0.5) is 9.52 Å². The van der Waals surface area contributed by atoms with E-state index in [9.17, 15) is 17.6 Å². The third-order valence-corrected chi connectivity index (χ3v) is 9.09. The summed E-state index contributed by atoms with van der Waals surface area (Å²) in [4.78, 5) is 18.2. The SMILES string of the molecule is O=C(Cc1ccc(S(=O)(=O)N2CCCC2)s1)Nc1ncc(Cc2ccc(F)cc2)s1. The molecule has 1 fully saturated rings. The molecule has 1 N–H and O–H groups in total. The Morgan fingerprint density at radius 2 is 1.80 bits per heavy atom. The Labute approximate surface area is 182 Å². The molecule has 1 amide bonds. The van der Waals surface area contributed by atoms with E-state index in [-0.39, 0.29) is 22.4 Å². The Morgan fingerprint density at radius 3 is 2.53 bits per heavy atom. The Kier molecular flexibility index (Phi) is 6.28. The average Bonchev–Trinajstić information content (AvgIpc) is 3.46. The first-order chi connectivity index (χ1) is 14.4. The fraction of sp³-hybridized carbons (Fsp3) is 0.300. The van der Waals surface area contributed by atoms with Gasteiger partial charge in [-0.15, -0.1) is 22.7 Å². The van der Waals surface area contributed by atoms with Crippen molar-refractivity contribution in [2.45, 2.75) is 29.9 Å². The second kappa shape index (κ2) is 8.93. The van der Waals surface area contributed by atoms with E-state index in [0.717, 1.165) is 34.6 Å². The van der Waals surface area contributed by atoms with Gasteiger partial charge in [-0.1, -0.05) is 12.1 Å². The van der Waals surface area contributed by atoms with Crippen molar-refractivity contribution >= 4 is 43.7 Å². The molecule has 10 heteroatoms. The Morgan fingerprint density at radius 1 is 1.07 bits per heavy atom. The molecule has 1 saturated heterocycles. The molecule has 1 aliphatic heterocycles. The largest absolute Gasteiger partial charge is 0.302 e. The van der Waals surface area contributed by atoms with Crippen molar-refractivity contribution < 1.29 is 17.6 Å². The third kappa shape index (κ3) is 4.94. The first kappa shape index (κ1) is 21.1. The molecule has 0 atom stereocenters. The van der Waals surface area contributed by atoms with E-state index >= 15 is 0 Å². The number of nitrogens with zero attached hydrogens (tertiary/aromatic N) is 2. The second-order valence-electron chi connectivity index (χ2n) is 6.99. The number of nitrogens with one attached hydrogen (secondary N) is 1. The predicted octanol–water partition coefficient (Wildman–Crippen LogP) is 3.90. The number of rotatable bonds is 7. The van der Waals surface area contributed by atoms with E-state index in [2.05, 4.69) is 10.3 Å². The summed E-state index contributed by atoms with van der Waals surface area (Å²) in [6.45, 7) is 1.11. The molecule has 30 heavy (non-hydrogen) atoms. The Balaban J connectivity index is 1.34. The smallest absolute Gasteiger partial charge is 0.252 e. The Bertz CT molecular complexity index is 1130. The molecule has 4 rings (SSSR count). The van der Waals surface area contributed by atoms with Gasteiger partial charge in [0.05, 0.1) is 6.42 Å². The molecule has 0 unspecified atom stereocenters. The lowest BCUT2D eigenvalue weighted by molar-refractivity contribution is -0.115. The lowest BCUT2D eigenvalue weighted by Gasteiger charge is -2.13. The number of thiophene rings is 1. The van der Waals surface area contributed by atoms with Crippen molar-refractivity contribution in [1.82, 2.24) is 9.29 Å². The summed E-state index contributed by atoms with van der Waals surface area (Å²) in [6, 6.07) is 9.53. The highest BCUT2D eigenvalue weighted by molar-refractivity contribution is 7.91. The van der Waals surface area contributed by atoms with Crippen LogP contribution in [-0.2, 0) is 27.7 Å². The molecule has 3 aromatic rings. The number of benzene rings is 1. The predicted molar refractivity (Wildman–Crippen MR) is 116 cm³/mol. The maximum atomic E-state index is 13.0.